The number of halogens is 3. The molecule has 1 aliphatic rings. The Morgan fingerprint density at radius 3 is 2.65 bits per heavy atom. The number of H-pyrrole nitrogens is 1. The van der Waals surface area contributed by atoms with Gasteiger partial charge in [-0.1, -0.05) is 12.1 Å². The van der Waals surface area contributed by atoms with Crippen molar-refractivity contribution in [2.45, 2.75) is 50.4 Å². The summed E-state index contributed by atoms with van der Waals surface area (Å²) in [7, 11) is 0. The number of fused-ring (bicyclic) bond motifs is 1. The Bertz CT molecular complexity index is 1250. The van der Waals surface area contributed by atoms with Gasteiger partial charge in [0.25, 0.3) is 5.56 Å². The van der Waals surface area contributed by atoms with E-state index in [0.29, 0.717) is 15.8 Å². The van der Waals surface area contributed by atoms with Gasteiger partial charge in [-0.2, -0.15) is 30.0 Å². The first-order valence-electron chi connectivity index (χ1n) is 10.8. The largest absolute Gasteiger partial charge is 0.493 e. The fourth-order valence-corrected chi connectivity index (χ4v) is 5.01. The van der Waals surface area contributed by atoms with E-state index in [1.807, 2.05) is 13.1 Å². The van der Waals surface area contributed by atoms with Crippen LogP contribution in [0.1, 0.15) is 35.5 Å². The number of thioether (sulfide) groups is 1. The van der Waals surface area contributed by atoms with Crippen molar-refractivity contribution in [2.24, 2.45) is 0 Å². The number of aryl methyl sites for hydroxylation is 2. The highest BCUT2D eigenvalue weighted by atomic mass is 32.2. The molecule has 182 valence electrons. The lowest BCUT2D eigenvalue weighted by molar-refractivity contribution is -0.200. The Morgan fingerprint density at radius 2 is 2.00 bits per heavy atom. The summed E-state index contributed by atoms with van der Waals surface area (Å²) in [5.74, 6) is -2.35. The third-order valence-corrected chi connectivity index (χ3v) is 7.21. The second-order valence-corrected chi connectivity index (χ2v) is 9.57. The number of aromatic amines is 1. The van der Waals surface area contributed by atoms with E-state index in [2.05, 4.69) is 24.9 Å². The second-order valence-electron chi connectivity index (χ2n) is 8.28. The number of aromatic nitrogens is 4. The van der Waals surface area contributed by atoms with E-state index in [4.69, 9.17) is 0 Å². The number of carbonyl (C=O) groups excluding carboxylic acids is 1. The zero-order valence-corrected chi connectivity index (χ0v) is 19.5. The summed E-state index contributed by atoms with van der Waals surface area (Å²) in [6.07, 6.45) is -1.65. The Labute approximate surface area is 197 Å². The number of nitrogens with one attached hydrogen (secondary N) is 1. The molecule has 1 saturated heterocycles. The van der Waals surface area contributed by atoms with Crippen molar-refractivity contribution in [1.82, 2.24) is 24.8 Å². The molecule has 3 aromatic rings. The summed E-state index contributed by atoms with van der Waals surface area (Å²) in [4.78, 5) is 35.6. The topological polar surface area (TPSA) is 93.1 Å². The molecule has 0 spiro atoms. The van der Waals surface area contributed by atoms with Gasteiger partial charge in [0.2, 0.25) is 0 Å². The molecule has 0 saturated carbocycles. The molecule has 0 aliphatic carbocycles. The number of likely N-dealkylation sites (tertiary alicyclic amines) is 1. The fraction of sp³-hybridized carbons (Fsp3) is 0.455. The van der Waals surface area contributed by atoms with Gasteiger partial charge in [-0.15, -0.1) is 4.73 Å². The summed E-state index contributed by atoms with van der Waals surface area (Å²) in [5, 5.41) is 7.30. The van der Waals surface area contributed by atoms with Crippen LogP contribution in [-0.2, 0) is 17.1 Å². The maximum absolute atomic E-state index is 12.9. The number of para-hydroxylation sites is 1. The van der Waals surface area contributed by atoms with Crippen LogP contribution in [0, 0.1) is 13.8 Å². The normalized spacial score (nSPS) is 15.7. The zero-order chi connectivity index (χ0) is 24.5. The quantitative estimate of drug-likeness (QED) is 0.562. The van der Waals surface area contributed by atoms with Gasteiger partial charge >= 0.3 is 12.1 Å². The number of carbonyl (C=O) groups is 1. The highest BCUT2D eigenvalue weighted by Crippen LogP contribution is 2.27. The standard InChI is InChI=1S/C22H24F3N5O3S/c1-13-4-3-5-17-19(13)27-18(30(20(17)31)33-21(32)22(23,24)25)12-34-16-6-8-29(9-7-16)11-15-10-26-28-14(15)2/h3-5,10,16H,6-9,11-12H2,1-2H3,(H,26,28). The van der Waals surface area contributed by atoms with Gasteiger partial charge in [-0.3, -0.25) is 14.8 Å². The molecule has 1 aliphatic heterocycles. The summed E-state index contributed by atoms with van der Waals surface area (Å²) in [6, 6.07) is 4.81. The number of nitrogens with zero attached hydrogens (tertiary/aromatic N) is 4. The first kappa shape index (κ1) is 24.3. The summed E-state index contributed by atoms with van der Waals surface area (Å²) in [6.45, 7) is 6.27. The van der Waals surface area contributed by atoms with E-state index in [9.17, 15) is 22.8 Å². The van der Waals surface area contributed by atoms with E-state index in [0.717, 1.165) is 43.7 Å². The van der Waals surface area contributed by atoms with Gasteiger partial charge in [0.15, 0.2) is 5.82 Å². The van der Waals surface area contributed by atoms with Crippen molar-refractivity contribution in [3.8, 4) is 0 Å². The van der Waals surface area contributed by atoms with Crippen molar-refractivity contribution in [2.75, 3.05) is 13.1 Å². The van der Waals surface area contributed by atoms with Crippen LogP contribution in [0.2, 0.25) is 0 Å². The van der Waals surface area contributed by atoms with Crippen LogP contribution in [0.4, 0.5) is 13.2 Å². The van der Waals surface area contributed by atoms with Crippen LogP contribution >= 0.6 is 11.8 Å². The van der Waals surface area contributed by atoms with Gasteiger partial charge in [0, 0.05) is 23.1 Å². The summed E-state index contributed by atoms with van der Waals surface area (Å²) in [5.41, 5.74) is 2.44. The Morgan fingerprint density at radius 1 is 1.26 bits per heavy atom. The molecule has 3 heterocycles. The van der Waals surface area contributed by atoms with Crippen LogP contribution in [0.5, 0.6) is 0 Å². The lowest BCUT2D eigenvalue weighted by Gasteiger charge is -2.31. The maximum atomic E-state index is 12.9. The molecule has 8 nitrogen and oxygen atoms in total. The zero-order valence-electron chi connectivity index (χ0n) is 18.7. The average Bonchev–Trinajstić information content (AvgIpc) is 3.19. The molecule has 34 heavy (non-hydrogen) atoms. The van der Waals surface area contributed by atoms with Crippen molar-refractivity contribution < 1.29 is 22.8 Å². The monoisotopic (exact) mass is 495 g/mol. The Kier molecular flexibility index (Phi) is 6.99. The summed E-state index contributed by atoms with van der Waals surface area (Å²) < 4.78 is 38.9. The van der Waals surface area contributed by atoms with E-state index in [1.54, 1.807) is 19.1 Å². The minimum atomic E-state index is -5.23. The average molecular weight is 496 g/mol. The SMILES string of the molecule is Cc1[nH]ncc1CN1CCC(SCc2nc3c(C)cccc3c(=O)n2OC(=O)C(F)(F)F)CC1. The number of alkyl halides is 3. The second kappa shape index (κ2) is 9.79. The molecule has 0 unspecified atom stereocenters. The van der Waals surface area contributed by atoms with Gasteiger partial charge in [0.05, 0.1) is 22.9 Å². The highest BCUT2D eigenvalue weighted by Gasteiger charge is 2.42. The van der Waals surface area contributed by atoms with Crippen molar-refractivity contribution in [3.05, 3.63) is 57.4 Å². The van der Waals surface area contributed by atoms with E-state index in [1.165, 1.54) is 17.8 Å². The van der Waals surface area contributed by atoms with Crippen molar-refractivity contribution in [1.29, 1.82) is 0 Å². The lowest BCUT2D eigenvalue weighted by atomic mass is 10.1. The number of benzene rings is 1. The van der Waals surface area contributed by atoms with Crippen LogP contribution < -0.4 is 10.4 Å². The van der Waals surface area contributed by atoms with E-state index >= 15 is 0 Å². The molecule has 4 rings (SSSR count). The number of rotatable bonds is 6. The van der Waals surface area contributed by atoms with E-state index in [-0.39, 0.29) is 22.2 Å². The molecular formula is C22H24F3N5O3S. The molecule has 1 N–H and O–H groups in total. The smallest absolute Gasteiger partial charge is 0.323 e. The van der Waals surface area contributed by atoms with Gasteiger partial charge in [0.1, 0.15) is 0 Å². The lowest BCUT2D eigenvalue weighted by Crippen LogP contribution is -2.40. The molecule has 1 fully saturated rings. The highest BCUT2D eigenvalue weighted by molar-refractivity contribution is 7.99. The molecule has 0 atom stereocenters. The Balaban J connectivity index is 1.49. The molecule has 1 aromatic carbocycles. The maximum Gasteiger partial charge on any atom is 0.493 e. The van der Waals surface area contributed by atoms with Crippen LogP contribution in [0.25, 0.3) is 10.9 Å². The number of hydrogen-bond acceptors (Lipinski definition) is 7. The fourth-order valence-electron chi connectivity index (χ4n) is 3.90. The minimum Gasteiger partial charge on any atom is -0.323 e. The minimum absolute atomic E-state index is 0.0224. The third kappa shape index (κ3) is 5.27. The van der Waals surface area contributed by atoms with Crippen molar-refractivity contribution >= 4 is 28.6 Å². The third-order valence-electron chi connectivity index (χ3n) is 5.84. The van der Waals surface area contributed by atoms with Crippen molar-refractivity contribution in [3.63, 3.8) is 0 Å². The molecule has 0 bridgehead atoms. The van der Waals surface area contributed by atoms with Gasteiger partial charge < -0.3 is 4.84 Å². The molecular weight excluding hydrogens is 471 g/mol. The van der Waals surface area contributed by atoms with Crippen LogP contribution in [0.3, 0.4) is 0 Å². The van der Waals surface area contributed by atoms with E-state index < -0.39 is 17.7 Å². The molecule has 12 heteroatoms. The first-order chi connectivity index (χ1) is 16.1. The van der Waals surface area contributed by atoms with Crippen LogP contribution in [-0.4, -0.2) is 55.3 Å². The summed E-state index contributed by atoms with van der Waals surface area (Å²) >= 11 is 1.50. The first-order valence-corrected chi connectivity index (χ1v) is 11.8. The number of hydrogen-bond donors (Lipinski definition) is 1. The molecule has 0 radical (unpaired) electrons. The Hall–Kier alpha value is -2.86. The van der Waals surface area contributed by atoms with Crippen LogP contribution in [0.15, 0.2) is 29.2 Å². The number of piperidine rings is 1. The predicted octanol–water partition coefficient (Wildman–Crippen LogP) is 3.15. The van der Waals surface area contributed by atoms with Gasteiger partial charge in [-0.25, -0.2) is 9.78 Å². The van der Waals surface area contributed by atoms with Gasteiger partial charge in [-0.05, 0) is 51.4 Å². The predicted molar refractivity (Wildman–Crippen MR) is 121 cm³/mol. The molecule has 0 amide bonds. The molecule has 2 aromatic heterocycles.